The second-order valence-corrected chi connectivity index (χ2v) is 7.91. The van der Waals surface area contributed by atoms with E-state index in [0.717, 1.165) is 12.8 Å². The van der Waals surface area contributed by atoms with E-state index < -0.39 is 16.9 Å². The topological polar surface area (TPSA) is 46.5 Å². The molecule has 2 aliphatic carbocycles. The highest BCUT2D eigenvalue weighted by Gasteiger charge is 2.72. The highest BCUT2D eigenvalue weighted by Crippen LogP contribution is 2.70. The van der Waals surface area contributed by atoms with E-state index in [1.165, 1.54) is 0 Å². The molecule has 22 heavy (non-hydrogen) atoms. The number of aliphatic hydroxyl groups is 1. The quantitative estimate of drug-likeness (QED) is 0.858. The van der Waals surface area contributed by atoms with Gasteiger partial charge >= 0.3 is 0 Å². The maximum Gasteiger partial charge on any atom is 0.265 e. The van der Waals surface area contributed by atoms with Crippen molar-refractivity contribution < 1.29 is 14.6 Å². The van der Waals surface area contributed by atoms with E-state index in [1.807, 2.05) is 18.2 Å². The van der Waals surface area contributed by atoms with Crippen LogP contribution in [-0.2, 0) is 4.79 Å². The lowest BCUT2D eigenvalue weighted by molar-refractivity contribution is -0.161. The lowest BCUT2D eigenvalue weighted by atomic mass is 9.63. The number of rotatable bonds is 4. The summed E-state index contributed by atoms with van der Waals surface area (Å²) in [5.41, 5.74) is -1.64. The van der Waals surface area contributed by atoms with Crippen LogP contribution in [0, 0.1) is 16.7 Å². The van der Waals surface area contributed by atoms with Gasteiger partial charge in [-0.3, -0.25) is 4.79 Å². The summed E-state index contributed by atoms with van der Waals surface area (Å²) in [7, 11) is 0. The van der Waals surface area contributed by atoms with Crippen LogP contribution in [0.1, 0.15) is 40.0 Å². The molecule has 2 bridgehead atoms. The lowest BCUT2D eigenvalue weighted by Crippen LogP contribution is -2.59. The molecule has 4 unspecified atom stereocenters. The molecule has 0 radical (unpaired) electrons. The molecule has 120 valence electrons. The third-order valence-electron chi connectivity index (χ3n) is 6.59. The number of benzene rings is 1. The summed E-state index contributed by atoms with van der Waals surface area (Å²) in [6.45, 7) is 6.43. The van der Waals surface area contributed by atoms with E-state index in [2.05, 4.69) is 20.8 Å². The van der Waals surface area contributed by atoms with E-state index in [4.69, 9.17) is 16.3 Å². The van der Waals surface area contributed by atoms with E-state index in [-0.39, 0.29) is 10.8 Å². The second-order valence-electron chi connectivity index (χ2n) is 7.53. The van der Waals surface area contributed by atoms with Crippen molar-refractivity contribution in [2.45, 2.75) is 51.7 Å². The van der Waals surface area contributed by atoms with Crippen molar-refractivity contribution in [1.82, 2.24) is 0 Å². The first-order valence-corrected chi connectivity index (χ1v) is 8.23. The van der Waals surface area contributed by atoms with Crippen molar-refractivity contribution in [2.24, 2.45) is 16.7 Å². The van der Waals surface area contributed by atoms with Gasteiger partial charge in [-0.25, -0.2) is 0 Å². The fourth-order valence-corrected chi connectivity index (χ4v) is 4.92. The maximum atomic E-state index is 12.1. The first-order chi connectivity index (χ1) is 10.2. The normalized spacial score (nSPS) is 37.0. The Morgan fingerprint density at radius 3 is 2.41 bits per heavy atom. The fraction of sp³-hybridized carbons (Fsp3) is 0.611. The summed E-state index contributed by atoms with van der Waals surface area (Å²) in [4.78, 5) is 12.1. The largest absolute Gasteiger partial charge is 0.478 e. The van der Waals surface area contributed by atoms with Crippen LogP contribution in [0.25, 0.3) is 0 Å². The average Bonchev–Trinajstić information content (AvgIpc) is 2.77. The Kier molecular flexibility index (Phi) is 3.57. The molecule has 1 N–H and O–H groups in total. The minimum atomic E-state index is -1.23. The Hall–Kier alpha value is -1.06. The summed E-state index contributed by atoms with van der Waals surface area (Å²) in [6.07, 6.45) is 1.50. The number of carbonyl (C=O) groups excluding carboxylic acids is 1. The van der Waals surface area contributed by atoms with Crippen LogP contribution in [0.4, 0.5) is 0 Å². The number of halogens is 1. The summed E-state index contributed by atoms with van der Waals surface area (Å²) in [5, 5.41) is 10.8. The van der Waals surface area contributed by atoms with Gasteiger partial charge in [0.05, 0.1) is 0 Å². The van der Waals surface area contributed by atoms with Gasteiger partial charge in [-0.15, -0.1) is 0 Å². The predicted molar refractivity (Wildman–Crippen MR) is 85.9 cm³/mol. The number of hydrogen-bond acceptors (Lipinski definition) is 3. The summed E-state index contributed by atoms with van der Waals surface area (Å²) in [6, 6.07) is 9.10. The van der Waals surface area contributed by atoms with Crippen molar-refractivity contribution in [2.75, 3.05) is 0 Å². The zero-order valence-corrected chi connectivity index (χ0v) is 14.1. The van der Waals surface area contributed by atoms with Gasteiger partial charge in [0.15, 0.2) is 0 Å². The van der Waals surface area contributed by atoms with Crippen molar-refractivity contribution in [3.63, 3.8) is 0 Å². The first kappa shape index (κ1) is 15.8. The zero-order chi connectivity index (χ0) is 16.2. The number of hydrogen-bond donors (Lipinski definition) is 1. The highest BCUT2D eigenvalue weighted by atomic mass is 35.5. The minimum absolute atomic E-state index is 0.0353. The van der Waals surface area contributed by atoms with Gasteiger partial charge in [0, 0.05) is 5.41 Å². The van der Waals surface area contributed by atoms with Crippen molar-refractivity contribution in [3.8, 4) is 5.75 Å². The van der Waals surface area contributed by atoms with E-state index in [0.29, 0.717) is 18.1 Å². The number of para-hydroxylation sites is 1. The highest BCUT2D eigenvalue weighted by molar-refractivity contribution is 6.64. The van der Waals surface area contributed by atoms with E-state index >= 15 is 0 Å². The van der Waals surface area contributed by atoms with Crippen LogP contribution in [0.15, 0.2) is 30.3 Å². The predicted octanol–water partition coefficient (Wildman–Crippen LogP) is 3.78. The molecule has 0 saturated heterocycles. The third kappa shape index (κ3) is 1.95. The summed E-state index contributed by atoms with van der Waals surface area (Å²) >= 11 is 5.83. The van der Waals surface area contributed by atoms with Crippen LogP contribution in [0.5, 0.6) is 5.75 Å². The van der Waals surface area contributed by atoms with Gasteiger partial charge in [-0.1, -0.05) is 39.0 Å². The van der Waals surface area contributed by atoms with Gasteiger partial charge in [-0.2, -0.15) is 0 Å². The first-order valence-electron chi connectivity index (χ1n) is 7.86. The van der Waals surface area contributed by atoms with Crippen molar-refractivity contribution >= 4 is 16.8 Å². The standard InChI is InChI=1S/C18H23ClO3/c1-16(2)12-9-10-17(16,3)18(21,11-12)14(15(19)20)22-13-7-5-4-6-8-13/h4-8,12,14,21H,9-11H2,1-3H3. The molecule has 4 heteroatoms. The van der Waals surface area contributed by atoms with Gasteiger partial charge in [-0.05, 0) is 54.3 Å². The van der Waals surface area contributed by atoms with E-state index in [1.54, 1.807) is 12.1 Å². The minimum Gasteiger partial charge on any atom is -0.478 e. The second kappa shape index (κ2) is 4.97. The molecule has 3 nitrogen and oxygen atoms in total. The van der Waals surface area contributed by atoms with Crippen molar-refractivity contribution in [1.29, 1.82) is 0 Å². The molecule has 4 atom stereocenters. The molecule has 0 aromatic heterocycles. The average molecular weight is 323 g/mol. The monoisotopic (exact) mass is 322 g/mol. The molecular weight excluding hydrogens is 300 g/mol. The molecule has 1 aromatic carbocycles. The fourth-order valence-electron chi connectivity index (χ4n) is 4.69. The third-order valence-corrected chi connectivity index (χ3v) is 6.78. The molecule has 2 fully saturated rings. The number of ether oxygens (including phenoxy) is 1. The smallest absolute Gasteiger partial charge is 0.265 e. The van der Waals surface area contributed by atoms with Crippen LogP contribution in [0.2, 0.25) is 0 Å². The van der Waals surface area contributed by atoms with Crippen LogP contribution in [-0.4, -0.2) is 22.1 Å². The molecular formula is C18H23ClO3. The summed E-state index contributed by atoms with van der Waals surface area (Å²) in [5.74, 6) is 0.944. The van der Waals surface area contributed by atoms with Crippen LogP contribution < -0.4 is 4.74 Å². The molecule has 2 saturated carbocycles. The Morgan fingerprint density at radius 2 is 1.95 bits per heavy atom. The molecule has 1 aromatic rings. The van der Waals surface area contributed by atoms with Gasteiger partial charge in [0.2, 0.25) is 6.10 Å². The Bertz CT molecular complexity index is 585. The molecule has 0 aliphatic heterocycles. The molecule has 3 rings (SSSR count). The molecule has 0 heterocycles. The Morgan fingerprint density at radius 1 is 1.32 bits per heavy atom. The number of carbonyl (C=O) groups is 1. The van der Waals surface area contributed by atoms with Crippen molar-refractivity contribution in [3.05, 3.63) is 30.3 Å². The zero-order valence-electron chi connectivity index (χ0n) is 13.3. The lowest BCUT2D eigenvalue weighted by Gasteiger charge is -2.47. The van der Waals surface area contributed by atoms with Crippen LogP contribution >= 0.6 is 11.6 Å². The number of fused-ring (bicyclic) bond motifs is 2. The maximum absolute atomic E-state index is 12.1. The molecule has 2 aliphatic rings. The Balaban J connectivity index is 1.97. The molecule has 0 amide bonds. The van der Waals surface area contributed by atoms with Crippen LogP contribution in [0.3, 0.4) is 0 Å². The van der Waals surface area contributed by atoms with Gasteiger partial charge < -0.3 is 9.84 Å². The van der Waals surface area contributed by atoms with Gasteiger partial charge in [0.25, 0.3) is 5.24 Å². The summed E-state index contributed by atoms with van der Waals surface area (Å²) < 4.78 is 5.84. The Labute approximate surface area is 136 Å². The van der Waals surface area contributed by atoms with E-state index in [9.17, 15) is 9.90 Å². The molecule has 0 spiro atoms. The SMILES string of the molecule is CC1(C)C2CCC1(C)C(O)(C(Oc1ccccc1)C(=O)Cl)C2. The van der Waals surface area contributed by atoms with Gasteiger partial charge in [0.1, 0.15) is 11.4 Å².